The van der Waals surface area contributed by atoms with Crippen LogP contribution in [0.3, 0.4) is 0 Å². The molecule has 3 nitrogen and oxygen atoms in total. The molecule has 9 heteroatoms. The van der Waals surface area contributed by atoms with E-state index in [1.807, 2.05) is 0 Å². The minimum atomic E-state index is -4.38. The molecule has 0 N–H and O–H groups in total. The van der Waals surface area contributed by atoms with Crippen molar-refractivity contribution in [2.24, 2.45) is 0 Å². The second-order valence-corrected chi connectivity index (χ2v) is 6.21. The minimum Gasteiger partial charge on any atom is -0.492 e. The van der Waals surface area contributed by atoms with Crippen LogP contribution in [0.2, 0.25) is 5.02 Å². The lowest BCUT2D eigenvalue weighted by atomic mass is 10.3. The van der Waals surface area contributed by atoms with E-state index in [4.69, 9.17) is 27.0 Å². The molecule has 0 unspecified atom stereocenters. The Hall–Kier alpha value is -0.660. The molecule has 1 aromatic carbocycles. The van der Waals surface area contributed by atoms with Crippen molar-refractivity contribution in [3.63, 3.8) is 0 Å². The zero-order valence-corrected chi connectivity index (χ0v) is 11.0. The topological polar surface area (TPSA) is 43.4 Å². The lowest BCUT2D eigenvalue weighted by Gasteiger charge is -2.11. The van der Waals surface area contributed by atoms with Gasteiger partial charge in [-0.3, -0.25) is 0 Å². The third-order valence-electron chi connectivity index (χ3n) is 1.81. The second kappa shape index (κ2) is 5.54. The number of hydrogen-bond acceptors (Lipinski definition) is 3. The van der Waals surface area contributed by atoms with Gasteiger partial charge in [-0.25, -0.2) is 8.42 Å². The average molecular weight is 323 g/mol. The van der Waals surface area contributed by atoms with Gasteiger partial charge in [0.15, 0.2) is 0 Å². The molecular formula is C9H7Cl2F3O3S. The molecule has 0 saturated carbocycles. The largest absolute Gasteiger partial charge is 0.492 e. The van der Waals surface area contributed by atoms with Gasteiger partial charge in [-0.05, 0) is 18.2 Å². The maximum atomic E-state index is 11.9. The second-order valence-electron chi connectivity index (χ2n) is 3.24. The Labute approximate surface area is 111 Å². The lowest BCUT2D eigenvalue weighted by Crippen LogP contribution is -2.13. The summed E-state index contributed by atoms with van der Waals surface area (Å²) in [6, 6.07) is 3.44. The first-order chi connectivity index (χ1) is 8.09. The molecule has 0 aromatic heterocycles. The van der Waals surface area contributed by atoms with Crippen LogP contribution in [0.5, 0.6) is 5.75 Å². The molecule has 0 atom stereocenters. The summed E-state index contributed by atoms with van der Waals surface area (Å²) >= 11 is 5.57. The molecule has 18 heavy (non-hydrogen) atoms. The zero-order chi connectivity index (χ0) is 14.0. The molecule has 0 fully saturated rings. The van der Waals surface area contributed by atoms with Gasteiger partial charge in [-0.1, -0.05) is 11.6 Å². The lowest BCUT2D eigenvalue weighted by molar-refractivity contribution is -0.139. The first-order valence-corrected chi connectivity index (χ1v) is 7.22. The fraction of sp³-hybridized carbons (Fsp3) is 0.333. The molecule has 0 aliphatic rings. The fourth-order valence-electron chi connectivity index (χ4n) is 1.07. The third-order valence-corrected chi connectivity index (χ3v) is 3.39. The van der Waals surface area contributed by atoms with Crippen LogP contribution < -0.4 is 4.74 Å². The van der Waals surface area contributed by atoms with Gasteiger partial charge in [0.2, 0.25) is 0 Å². The SMILES string of the molecule is O=S(=O)(Cl)c1cc(Cl)ccc1OCCC(F)(F)F. The number of alkyl halides is 3. The van der Waals surface area contributed by atoms with E-state index in [0.717, 1.165) is 12.1 Å². The van der Waals surface area contributed by atoms with E-state index in [1.54, 1.807) is 0 Å². The third kappa shape index (κ3) is 4.91. The Kier molecular flexibility index (Phi) is 4.74. The quantitative estimate of drug-likeness (QED) is 0.795. The summed E-state index contributed by atoms with van der Waals surface area (Å²) in [5.41, 5.74) is 0. The first kappa shape index (κ1) is 15.4. The van der Waals surface area contributed by atoms with Gasteiger partial charge in [-0.2, -0.15) is 13.2 Å². The summed E-state index contributed by atoms with van der Waals surface area (Å²) < 4.78 is 62.8. The molecule has 0 spiro atoms. The minimum absolute atomic E-state index is 0.0809. The van der Waals surface area contributed by atoms with Gasteiger partial charge in [-0.15, -0.1) is 0 Å². The fourth-order valence-corrected chi connectivity index (χ4v) is 2.30. The number of benzene rings is 1. The summed E-state index contributed by atoms with van der Waals surface area (Å²) in [4.78, 5) is -0.459. The Morgan fingerprint density at radius 2 is 1.89 bits per heavy atom. The summed E-state index contributed by atoms with van der Waals surface area (Å²) in [5, 5.41) is 0.0809. The van der Waals surface area contributed by atoms with Crippen molar-refractivity contribution in [3.8, 4) is 5.75 Å². The van der Waals surface area contributed by atoms with Crippen molar-refractivity contribution in [2.75, 3.05) is 6.61 Å². The molecule has 0 saturated heterocycles. The van der Waals surface area contributed by atoms with Crippen LogP contribution in [0, 0.1) is 0 Å². The predicted octanol–water partition coefficient (Wildman–Crippen LogP) is 3.60. The van der Waals surface area contributed by atoms with Gasteiger partial charge in [0.25, 0.3) is 9.05 Å². The van der Waals surface area contributed by atoms with Crippen molar-refractivity contribution in [1.29, 1.82) is 0 Å². The van der Waals surface area contributed by atoms with Crippen LogP contribution in [0.25, 0.3) is 0 Å². The van der Waals surface area contributed by atoms with E-state index in [1.165, 1.54) is 6.07 Å². The van der Waals surface area contributed by atoms with E-state index < -0.39 is 33.2 Å². The molecule has 0 amide bonds. The Bertz CT molecular complexity index is 528. The molecule has 0 radical (unpaired) electrons. The van der Waals surface area contributed by atoms with Crippen LogP contribution in [0.15, 0.2) is 23.1 Å². The van der Waals surface area contributed by atoms with Gasteiger partial charge < -0.3 is 4.74 Å². The Morgan fingerprint density at radius 1 is 1.28 bits per heavy atom. The number of hydrogen-bond donors (Lipinski definition) is 0. The van der Waals surface area contributed by atoms with Crippen LogP contribution in [-0.4, -0.2) is 21.2 Å². The van der Waals surface area contributed by atoms with E-state index in [0.29, 0.717) is 0 Å². The molecule has 1 rings (SSSR count). The standard InChI is InChI=1S/C9H7Cl2F3O3S/c10-6-1-2-7(8(5-6)18(11,15)16)17-4-3-9(12,13)14/h1-2,5H,3-4H2. The number of ether oxygens (including phenoxy) is 1. The van der Waals surface area contributed by atoms with Crippen LogP contribution >= 0.6 is 22.3 Å². The molecule has 0 aliphatic carbocycles. The van der Waals surface area contributed by atoms with Gasteiger partial charge in [0.05, 0.1) is 13.0 Å². The van der Waals surface area contributed by atoms with Crippen molar-refractivity contribution in [2.45, 2.75) is 17.5 Å². The maximum absolute atomic E-state index is 11.9. The van der Waals surface area contributed by atoms with Gasteiger partial charge in [0, 0.05) is 15.7 Å². The van der Waals surface area contributed by atoms with E-state index in [2.05, 4.69) is 0 Å². The van der Waals surface area contributed by atoms with E-state index in [9.17, 15) is 21.6 Å². The molecule has 0 aliphatic heterocycles. The highest BCUT2D eigenvalue weighted by molar-refractivity contribution is 8.13. The van der Waals surface area contributed by atoms with Gasteiger partial charge >= 0.3 is 6.18 Å². The van der Waals surface area contributed by atoms with Crippen molar-refractivity contribution < 1.29 is 26.3 Å². The van der Waals surface area contributed by atoms with Crippen molar-refractivity contribution in [3.05, 3.63) is 23.2 Å². The summed E-state index contributed by atoms with van der Waals surface area (Å²) in [7, 11) is 0.976. The average Bonchev–Trinajstić information content (AvgIpc) is 2.17. The smallest absolute Gasteiger partial charge is 0.392 e. The van der Waals surface area contributed by atoms with Crippen molar-refractivity contribution in [1.82, 2.24) is 0 Å². The zero-order valence-electron chi connectivity index (χ0n) is 8.67. The molecule has 0 bridgehead atoms. The normalized spacial score (nSPS) is 12.5. The predicted molar refractivity (Wildman–Crippen MR) is 60.7 cm³/mol. The van der Waals surface area contributed by atoms with Crippen molar-refractivity contribution >= 4 is 31.3 Å². The monoisotopic (exact) mass is 322 g/mol. The summed E-state index contributed by atoms with van der Waals surface area (Å²) in [5.74, 6) is -0.265. The Balaban J connectivity index is 2.90. The molecule has 102 valence electrons. The highest BCUT2D eigenvalue weighted by Crippen LogP contribution is 2.30. The van der Waals surface area contributed by atoms with Gasteiger partial charge in [0.1, 0.15) is 10.6 Å². The first-order valence-electron chi connectivity index (χ1n) is 4.53. The highest BCUT2D eigenvalue weighted by atomic mass is 35.7. The number of halogens is 5. The molecular weight excluding hydrogens is 316 g/mol. The summed E-state index contributed by atoms with van der Waals surface area (Å²) in [6.45, 7) is -0.704. The Morgan fingerprint density at radius 3 is 2.39 bits per heavy atom. The number of rotatable bonds is 4. The van der Waals surface area contributed by atoms with E-state index in [-0.39, 0.29) is 10.8 Å². The molecule has 1 aromatic rings. The highest BCUT2D eigenvalue weighted by Gasteiger charge is 2.27. The van der Waals surface area contributed by atoms with Crippen LogP contribution in [0.1, 0.15) is 6.42 Å². The summed E-state index contributed by atoms with van der Waals surface area (Å²) in [6.07, 6.45) is -5.58. The maximum Gasteiger partial charge on any atom is 0.392 e. The van der Waals surface area contributed by atoms with E-state index >= 15 is 0 Å². The van der Waals surface area contributed by atoms with Crippen LogP contribution in [0.4, 0.5) is 13.2 Å². The van der Waals surface area contributed by atoms with Crippen LogP contribution in [-0.2, 0) is 9.05 Å². The molecule has 0 heterocycles.